The van der Waals surface area contributed by atoms with E-state index in [2.05, 4.69) is 0 Å². The standard InChI is InChI=1S/C18H25NO4/c1-11-8-15(23-4)9-12(2)16(11)17(20)13(3)19-7-5-6-14(10-19)18(21)22/h8-9,13-14H,5-7,10H2,1-4H3,(H,21,22). The van der Waals surface area contributed by atoms with Crippen LogP contribution in [0.1, 0.15) is 41.3 Å². The molecule has 0 spiro atoms. The summed E-state index contributed by atoms with van der Waals surface area (Å²) in [5.41, 5.74) is 2.51. The van der Waals surface area contributed by atoms with Gasteiger partial charge in [0.1, 0.15) is 5.75 Å². The highest BCUT2D eigenvalue weighted by atomic mass is 16.5. The highest BCUT2D eigenvalue weighted by Gasteiger charge is 2.31. The molecule has 2 rings (SSSR count). The minimum atomic E-state index is -0.772. The molecule has 1 aromatic carbocycles. The maximum atomic E-state index is 12.9. The van der Waals surface area contributed by atoms with Crippen LogP contribution in [-0.2, 0) is 4.79 Å². The summed E-state index contributed by atoms with van der Waals surface area (Å²) in [5, 5.41) is 9.21. The van der Waals surface area contributed by atoms with Crippen molar-refractivity contribution in [2.24, 2.45) is 5.92 Å². The Morgan fingerprint density at radius 2 is 1.91 bits per heavy atom. The Bertz CT molecular complexity index is 588. The summed E-state index contributed by atoms with van der Waals surface area (Å²) in [6.45, 7) is 6.90. The quantitative estimate of drug-likeness (QED) is 0.845. The van der Waals surface area contributed by atoms with E-state index < -0.39 is 5.97 Å². The fourth-order valence-corrected chi connectivity index (χ4v) is 3.36. The van der Waals surface area contributed by atoms with Gasteiger partial charge in [-0.05, 0) is 63.4 Å². The fraction of sp³-hybridized carbons (Fsp3) is 0.556. The molecular formula is C18H25NO4. The second kappa shape index (κ2) is 7.13. The first-order chi connectivity index (χ1) is 10.8. The van der Waals surface area contributed by atoms with Crippen LogP contribution >= 0.6 is 0 Å². The molecule has 23 heavy (non-hydrogen) atoms. The Balaban J connectivity index is 2.21. The third kappa shape index (κ3) is 3.72. The number of piperidine rings is 1. The average Bonchev–Trinajstić information content (AvgIpc) is 2.53. The minimum absolute atomic E-state index is 0.0497. The van der Waals surface area contributed by atoms with E-state index in [4.69, 9.17) is 4.74 Å². The molecule has 1 aliphatic heterocycles. The first-order valence-electron chi connectivity index (χ1n) is 8.01. The van der Waals surface area contributed by atoms with Crippen LogP contribution in [0, 0.1) is 19.8 Å². The fourth-order valence-electron chi connectivity index (χ4n) is 3.36. The molecule has 2 atom stereocenters. The van der Waals surface area contributed by atoms with Gasteiger partial charge in [0.25, 0.3) is 0 Å². The molecule has 1 fully saturated rings. The summed E-state index contributed by atoms with van der Waals surface area (Å²) >= 11 is 0. The monoisotopic (exact) mass is 319 g/mol. The van der Waals surface area contributed by atoms with Crippen LogP contribution in [0.2, 0.25) is 0 Å². The number of hydrogen-bond donors (Lipinski definition) is 1. The summed E-state index contributed by atoms with van der Waals surface area (Å²) in [6.07, 6.45) is 1.50. The van der Waals surface area contributed by atoms with Gasteiger partial charge in [-0.25, -0.2) is 0 Å². The minimum Gasteiger partial charge on any atom is -0.497 e. The highest BCUT2D eigenvalue weighted by molar-refractivity contribution is 6.02. The molecule has 0 radical (unpaired) electrons. The number of rotatable bonds is 5. The van der Waals surface area contributed by atoms with E-state index in [9.17, 15) is 14.7 Å². The number of nitrogens with zero attached hydrogens (tertiary/aromatic N) is 1. The third-order valence-electron chi connectivity index (χ3n) is 4.72. The summed E-state index contributed by atoms with van der Waals surface area (Å²) in [7, 11) is 1.61. The molecule has 1 aliphatic rings. The lowest BCUT2D eigenvalue weighted by molar-refractivity contribution is -0.143. The van der Waals surface area contributed by atoms with Crippen molar-refractivity contribution in [3.63, 3.8) is 0 Å². The number of Topliss-reactive ketones (excluding diaryl/α,β-unsaturated/α-hetero) is 1. The molecule has 0 aromatic heterocycles. The second-order valence-electron chi connectivity index (χ2n) is 6.35. The molecule has 2 unspecified atom stereocenters. The highest BCUT2D eigenvalue weighted by Crippen LogP contribution is 2.26. The second-order valence-corrected chi connectivity index (χ2v) is 6.35. The Kier molecular flexibility index (Phi) is 5.42. The van der Waals surface area contributed by atoms with Gasteiger partial charge in [0.2, 0.25) is 0 Å². The predicted molar refractivity (Wildman–Crippen MR) is 88.2 cm³/mol. The van der Waals surface area contributed by atoms with Gasteiger partial charge >= 0.3 is 5.97 Å². The van der Waals surface area contributed by atoms with Crippen LogP contribution < -0.4 is 4.74 Å². The summed E-state index contributed by atoms with van der Waals surface area (Å²) < 4.78 is 5.24. The van der Waals surface area contributed by atoms with E-state index in [-0.39, 0.29) is 17.7 Å². The molecule has 1 N–H and O–H groups in total. The van der Waals surface area contributed by atoms with Gasteiger partial charge in [-0.1, -0.05) is 0 Å². The Morgan fingerprint density at radius 1 is 1.30 bits per heavy atom. The first kappa shape index (κ1) is 17.5. The Morgan fingerprint density at radius 3 is 2.43 bits per heavy atom. The molecule has 5 heteroatoms. The summed E-state index contributed by atoms with van der Waals surface area (Å²) in [6, 6.07) is 3.41. The van der Waals surface area contributed by atoms with Crippen LogP contribution in [0.25, 0.3) is 0 Å². The zero-order valence-electron chi connectivity index (χ0n) is 14.3. The molecule has 0 saturated carbocycles. The topological polar surface area (TPSA) is 66.8 Å². The largest absolute Gasteiger partial charge is 0.497 e. The van der Waals surface area contributed by atoms with Crippen LogP contribution in [0.5, 0.6) is 5.75 Å². The zero-order chi connectivity index (χ0) is 17.1. The number of carbonyl (C=O) groups is 2. The number of hydrogen-bond acceptors (Lipinski definition) is 4. The number of likely N-dealkylation sites (tertiary alicyclic amines) is 1. The number of aryl methyl sites for hydroxylation is 2. The van der Waals surface area contributed by atoms with Crippen molar-refractivity contribution in [1.82, 2.24) is 4.90 Å². The Hall–Kier alpha value is -1.88. The maximum absolute atomic E-state index is 12.9. The predicted octanol–water partition coefficient (Wildman–Crippen LogP) is 2.68. The van der Waals surface area contributed by atoms with Gasteiger partial charge in [-0.2, -0.15) is 0 Å². The zero-order valence-corrected chi connectivity index (χ0v) is 14.3. The number of aliphatic carboxylic acids is 1. The Labute approximate surface area is 137 Å². The van der Waals surface area contributed by atoms with E-state index in [0.717, 1.165) is 35.4 Å². The van der Waals surface area contributed by atoms with Crippen molar-refractivity contribution in [3.05, 3.63) is 28.8 Å². The van der Waals surface area contributed by atoms with Gasteiger partial charge < -0.3 is 9.84 Å². The van der Waals surface area contributed by atoms with Gasteiger partial charge in [-0.15, -0.1) is 0 Å². The number of ether oxygens (including phenoxy) is 1. The SMILES string of the molecule is COc1cc(C)c(C(=O)C(C)N2CCCC(C(=O)O)C2)c(C)c1. The lowest BCUT2D eigenvalue weighted by Crippen LogP contribution is -2.47. The summed E-state index contributed by atoms with van der Waals surface area (Å²) in [4.78, 5) is 26.1. The van der Waals surface area contributed by atoms with Crippen LogP contribution in [0.3, 0.4) is 0 Å². The van der Waals surface area contributed by atoms with E-state index in [1.807, 2.05) is 37.8 Å². The molecule has 5 nitrogen and oxygen atoms in total. The number of carbonyl (C=O) groups excluding carboxylic acids is 1. The van der Waals surface area contributed by atoms with E-state index in [1.165, 1.54) is 0 Å². The average molecular weight is 319 g/mol. The van der Waals surface area contributed by atoms with Crippen molar-refractivity contribution in [2.75, 3.05) is 20.2 Å². The van der Waals surface area contributed by atoms with Crippen molar-refractivity contribution < 1.29 is 19.4 Å². The lowest BCUT2D eigenvalue weighted by atomic mass is 9.92. The normalized spacial score (nSPS) is 20.1. The number of ketones is 1. The molecule has 0 amide bonds. The third-order valence-corrected chi connectivity index (χ3v) is 4.72. The molecule has 0 bridgehead atoms. The van der Waals surface area contributed by atoms with Crippen molar-refractivity contribution >= 4 is 11.8 Å². The van der Waals surface area contributed by atoms with Gasteiger partial charge in [-0.3, -0.25) is 14.5 Å². The van der Waals surface area contributed by atoms with Gasteiger partial charge in [0.15, 0.2) is 5.78 Å². The number of methoxy groups -OCH3 is 1. The molecule has 126 valence electrons. The van der Waals surface area contributed by atoms with Crippen LogP contribution in [0.15, 0.2) is 12.1 Å². The van der Waals surface area contributed by atoms with Crippen LogP contribution in [0.4, 0.5) is 0 Å². The molecular weight excluding hydrogens is 294 g/mol. The smallest absolute Gasteiger partial charge is 0.307 e. The molecule has 1 heterocycles. The van der Waals surface area contributed by atoms with Crippen LogP contribution in [-0.4, -0.2) is 48.0 Å². The number of carboxylic acid groups (broad SMARTS) is 1. The van der Waals surface area contributed by atoms with E-state index in [0.29, 0.717) is 13.0 Å². The van der Waals surface area contributed by atoms with Gasteiger partial charge in [0.05, 0.1) is 19.1 Å². The maximum Gasteiger partial charge on any atom is 0.307 e. The van der Waals surface area contributed by atoms with E-state index in [1.54, 1.807) is 7.11 Å². The molecule has 0 aliphatic carbocycles. The van der Waals surface area contributed by atoms with Crippen molar-refractivity contribution in [2.45, 2.75) is 39.7 Å². The van der Waals surface area contributed by atoms with Gasteiger partial charge in [0, 0.05) is 12.1 Å². The number of benzene rings is 1. The molecule has 1 saturated heterocycles. The van der Waals surface area contributed by atoms with E-state index >= 15 is 0 Å². The summed E-state index contributed by atoms with van der Waals surface area (Å²) in [5.74, 6) is -0.356. The molecule has 1 aromatic rings. The number of carboxylic acids is 1. The van der Waals surface area contributed by atoms with Crippen molar-refractivity contribution in [3.8, 4) is 5.75 Å². The lowest BCUT2D eigenvalue weighted by Gasteiger charge is -2.34. The van der Waals surface area contributed by atoms with Crippen molar-refractivity contribution in [1.29, 1.82) is 0 Å². The first-order valence-corrected chi connectivity index (χ1v) is 8.01.